The molecule has 6 heteroatoms. The predicted octanol–water partition coefficient (Wildman–Crippen LogP) is 6.54. The third kappa shape index (κ3) is 5.14. The van der Waals surface area contributed by atoms with Crippen LogP contribution in [-0.2, 0) is 11.3 Å². The van der Waals surface area contributed by atoms with Gasteiger partial charge in [0.25, 0.3) is 0 Å². The first-order chi connectivity index (χ1) is 12.6. The Hall–Kier alpha value is -1.78. The first kappa shape index (κ1) is 20.0. The van der Waals surface area contributed by atoms with Crippen LogP contribution in [0.15, 0.2) is 30.3 Å². The molecule has 0 saturated heterocycles. The smallest absolute Gasteiger partial charge is 0.341 e. The van der Waals surface area contributed by atoms with Gasteiger partial charge in [-0.1, -0.05) is 23.2 Å². The zero-order chi connectivity index (χ0) is 19.8. The Bertz CT molecular complexity index is 870. The molecule has 27 heavy (non-hydrogen) atoms. The Morgan fingerprint density at radius 3 is 2.44 bits per heavy atom. The number of benzene rings is 2. The van der Waals surface area contributed by atoms with Gasteiger partial charge in [-0.05, 0) is 74.9 Å². The molecule has 144 valence electrons. The van der Waals surface area contributed by atoms with E-state index in [4.69, 9.17) is 32.7 Å². The predicted molar refractivity (Wildman–Crippen MR) is 104 cm³/mol. The van der Waals surface area contributed by atoms with E-state index in [1.807, 2.05) is 0 Å². The maximum absolute atomic E-state index is 14.6. The third-order valence-corrected chi connectivity index (χ3v) is 4.89. The minimum Gasteiger partial charge on any atom is -0.489 e. The lowest BCUT2D eigenvalue weighted by Gasteiger charge is -2.20. The molecule has 2 aromatic rings. The van der Waals surface area contributed by atoms with E-state index in [0.29, 0.717) is 27.3 Å². The number of carbonyl (C=O) groups is 1. The quantitative estimate of drug-likeness (QED) is 0.524. The summed E-state index contributed by atoms with van der Waals surface area (Å²) in [5, 5.41) is 0.832. The van der Waals surface area contributed by atoms with Crippen LogP contribution in [0.5, 0.6) is 5.75 Å². The topological polar surface area (TPSA) is 35.5 Å². The van der Waals surface area contributed by atoms with Crippen molar-refractivity contribution >= 4 is 29.2 Å². The molecule has 0 heterocycles. The number of hydrogen-bond acceptors (Lipinski definition) is 3. The molecule has 0 unspecified atom stereocenters. The summed E-state index contributed by atoms with van der Waals surface area (Å²) >= 11 is 11.9. The van der Waals surface area contributed by atoms with Gasteiger partial charge in [-0.15, -0.1) is 0 Å². The molecule has 0 bridgehead atoms. The van der Waals surface area contributed by atoms with Crippen molar-refractivity contribution in [3.05, 3.63) is 62.9 Å². The number of hydrogen-bond donors (Lipinski definition) is 0. The van der Waals surface area contributed by atoms with E-state index >= 15 is 0 Å². The molecule has 0 aliphatic heterocycles. The monoisotopic (exact) mass is 410 g/mol. The lowest BCUT2D eigenvalue weighted by molar-refractivity contribution is 0.00645. The molecule has 0 radical (unpaired) electrons. The van der Waals surface area contributed by atoms with Crippen molar-refractivity contribution in [2.45, 2.75) is 51.7 Å². The van der Waals surface area contributed by atoms with Crippen LogP contribution in [0, 0.1) is 5.82 Å². The van der Waals surface area contributed by atoms with Crippen LogP contribution in [-0.4, -0.2) is 11.6 Å². The van der Waals surface area contributed by atoms with Crippen molar-refractivity contribution in [3.8, 4) is 5.75 Å². The van der Waals surface area contributed by atoms with Crippen LogP contribution in [0.1, 0.15) is 61.0 Å². The van der Waals surface area contributed by atoms with Crippen LogP contribution >= 0.6 is 23.2 Å². The summed E-state index contributed by atoms with van der Waals surface area (Å²) in [5.74, 6) is -0.401. The Morgan fingerprint density at radius 1 is 1.15 bits per heavy atom. The highest BCUT2D eigenvalue weighted by molar-refractivity contribution is 6.42. The van der Waals surface area contributed by atoms with Gasteiger partial charge in [-0.3, -0.25) is 0 Å². The highest BCUT2D eigenvalue weighted by Gasteiger charge is 2.30. The SMILES string of the molecule is CC(C)(C)OC(=O)c1cc(C2CC2)c(COc2ccc(Cl)c(Cl)c2)cc1F. The summed E-state index contributed by atoms with van der Waals surface area (Å²) in [7, 11) is 0. The average Bonchev–Trinajstić information content (AvgIpc) is 3.39. The lowest BCUT2D eigenvalue weighted by atomic mass is 9.99. The Morgan fingerprint density at radius 2 is 1.85 bits per heavy atom. The first-order valence-electron chi connectivity index (χ1n) is 8.77. The van der Waals surface area contributed by atoms with Crippen molar-refractivity contribution in [1.29, 1.82) is 0 Å². The maximum atomic E-state index is 14.6. The summed E-state index contributed by atoms with van der Waals surface area (Å²) in [6, 6.07) is 7.94. The minimum atomic E-state index is -0.682. The van der Waals surface area contributed by atoms with Crippen LogP contribution in [0.3, 0.4) is 0 Å². The van der Waals surface area contributed by atoms with Gasteiger partial charge in [0.05, 0.1) is 15.6 Å². The van der Waals surface area contributed by atoms with Gasteiger partial charge in [0, 0.05) is 6.07 Å². The van der Waals surface area contributed by atoms with Crippen molar-refractivity contribution in [2.75, 3.05) is 0 Å². The van der Waals surface area contributed by atoms with Gasteiger partial charge < -0.3 is 9.47 Å². The van der Waals surface area contributed by atoms with E-state index in [2.05, 4.69) is 0 Å². The third-order valence-electron chi connectivity index (χ3n) is 4.15. The summed E-state index contributed by atoms with van der Waals surface area (Å²) in [6.07, 6.45) is 2.03. The van der Waals surface area contributed by atoms with E-state index in [1.165, 1.54) is 6.07 Å². The highest BCUT2D eigenvalue weighted by Crippen LogP contribution is 2.43. The largest absolute Gasteiger partial charge is 0.489 e. The maximum Gasteiger partial charge on any atom is 0.341 e. The van der Waals surface area contributed by atoms with Crippen molar-refractivity contribution < 1.29 is 18.7 Å². The van der Waals surface area contributed by atoms with Gasteiger partial charge in [-0.25, -0.2) is 9.18 Å². The molecule has 0 amide bonds. The molecule has 1 aliphatic carbocycles. The van der Waals surface area contributed by atoms with E-state index in [9.17, 15) is 9.18 Å². The van der Waals surface area contributed by atoms with Gasteiger partial charge in [-0.2, -0.15) is 0 Å². The zero-order valence-electron chi connectivity index (χ0n) is 15.4. The molecule has 1 fully saturated rings. The van der Waals surface area contributed by atoms with Gasteiger partial charge in [0.2, 0.25) is 0 Å². The Kier molecular flexibility index (Phi) is 5.68. The molecule has 0 spiro atoms. The molecular formula is C21H21Cl2FO3. The number of ether oxygens (including phenoxy) is 2. The Labute approximate surface area is 168 Å². The molecule has 3 rings (SSSR count). The lowest BCUT2D eigenvalue weighted by Crippen LogP contribution is -2.24. The molecule has 0 N–H and O–H groups in total. The van der Waals surface area contributed by atoms with Crippen molar-refractivity contribution in [3.63, 3.8) is 0 Å². The first-order valence-corrected chi connectivity index (χ1v) is 9.53. The van der Waals surface area contributed by atoms with Crippen molar-refractivity contribution in [2.24, 2.45) is 0 Å². The summed E-state index contributed by atoms with van der Waals surface area (Å²) < 4.78 is 25.7. The fourth-order valence-corrected chi connectivity index (χ4v) is 3.04. The van der Waals surface area contributed by atoms with Crippen molar-refractivity contribution in [1.82, 2.24) is 0 Å². The van der Waals surface area contributed by atoms with Crippen LogP contribution in [0.2, 0.25) is 10.0 Å². The van der Waals surface area contributed by atoms with E-state index in [0.717, 1.165) is 18.4 Å². The number of carbonyl (C=O) groups excluding carboxylic acids is 1. The second kappa shape index (κ2) is 7.69. The molecule has 1 aliphatic rings. The van der Waals surface area contributed by atoms with E-state index in [-0.39, 0.29) is 12.2 Å². The van der Waals surface area contributed by atoms with Crippen LogP contribution in [0.25, 0.3) is 0 Å². The van der Waals surface area contributed by atoms with Gasteiger partial charge in [0.15, 0.2) is 0 Å². The van der Waals surface area contributed by atoms with Gasteiger partial charge in [0.1, 0.15) is 23.8 Å². The minimum absolute atomic E-state index is 0.0369. The molecular weight excluding hydrogens is 390 g/mol. The average molecular weight is 411 g/mol. The fourth-order valence-electron chi connectivity index (χ4n) is 2.75. The fraction of sp³-hybridized carbons (Fsp3) is 0.381. The molecule has 0 aromatic heterocycles. The molecule has 3 nitrogen and oxygen atoms in total. The van der Waals surface area contributed by atoms with Crippen LogP contribution in [0.4, 0.5) is 4.39 Å². The summed E-state index contributed by atoms with van der Waals surface area (Å²) in [5.41, 5.74) is 0.926. The second-order valence-corrected chi connectivity index (χ2v) is 8.49. The van der Waals surface area contributed by atoms with E-state index < -0.39 is 17.4 Å². The molecule has 1 saturated carbocycles. The molecule has 2 aromatic carbocycles. The molecule has 0 atom stereocenters. The standard InChI is InChI=1S/C21H21Cl2FO3/c1-21(2,3)27-20(25)16-10-15(12-4-5-12)13(8-19(16)24)11-26-14-6-7-17(22)18(23)9-14/h6-10,12H,4-5,11H2,1-3H3. The summed E-state index contributed by atoms with van der Waals surface area (Å²) in [6.45, 7) is 5.44. The van der Waals surface area contributed by atoms with Gasteiger partial charge >= 0.3 is 5.97 Å². The zero-order valence-corrected chi connectivity index (χ0v) is 17.0. The number of halogens is 3. The number of esters is 1. The summed E-state index contributed by atoms with van der Waals surface area (Å²) in [4.78, 5) is 12.3. The Balaban J connectivity index is 1.84. The van der Waals surface area contributed by atoms with E-state index in [1.54, 1.807) is 45.0 Å². The number of rotatable bonds is 5. The highest BCUT2D eigenvalue weighted by atomic mass is 35.5. The normalized spacial score (nSPS) is 14.1. The van der Waals surface area contributed by atoms with Crippen LogP contribution < -0.4 is 4.74 Å². The second-order valence-electron chi connectivity index (χ2n) is 7.67.